The van der Waals surface area contributed by atoms with E-state index in [-0.39, 0.29) is 65.8 Å². The first-order valence-electron chi connectivity index (χ1n) is 2.91. The van der Waals surface area contributed by atoms with Gasteiger partial charge in [-0.2, -0.15) is 8.42 Å². The van der Waals surface area contributed by atoms with Crippen molar-refractivity contribution in [3.05, 3.63) is 18.2 Å². The maximum Gasteiger partial charge on any atom is 2.00 e. The summed E-state index contributed by atoms with van der Waals surface area (Å²) in [5, 5.41) is 17.7. The topological polar surface area (TPSA) is 94.8 Å². The Labute approximate surface area is 127 Å². The van der Waals surface area contributed by atoms with Crippen molar-refractivity contribution in [3.8, 4) is 11.5 Å². The fraction of sp³-hybridized carbons (Fsp3) is 0. The molecule has 1 aromatic rings. The molecule has 0 heterocycles. The normalized spacial score (nSPS) is 9.79. The number of phenols is 2. The molecular weight excluding hydrogens is 290 g/mol. The Kier molecular flexibility index (Phi) is 7.60. The SMILES string of the molecule is O=S(=O)(O)c1cc(O)ccc1O.[Ca+2].[H-].[H-].[Zn]. The Morgan fingerprint density at radius 1 is 1.21 bits per heavy atom. The minimum atomic E-state index is -4.47. The molecule has 1 aromatic carbocycles. The van der Waals surface area contributed by atoms with E-state index < -0.39 is 20.8 Å². The molecule has 0 spiro atoms. The van der Waals surface area contributed by atoms with Gasteiger partial charge < -0.3 is 13.1 Å². The van der Waals surface area contributed by atoms with E-state index in [0.717, 1.165) is 18.2 Å². The van der Waals surface area contributed by atoms with Crippen LogP contribution in [0.25, 0.3) is 0 Å². The molecule has 0 aromatic heterocycles. The molecule has 0 unspecified atom stereocenters. The summed E-state index contributed by atoms with van der Waals surface area (Å²) in [5.74, 6) is -0.948. The van der Waals surface area contributed by atoms with E-state index in [1.165, 1.54) is 0 Å². The van der Waals surface area contributed by atoms with Crippen LogP contribution >= 0.6 is 0 Å². The zero-order chi connectivity index (χ0) is 9.35. The van der Waals surface area contributed by atoms with E-state index in [4.69, 9.17) is 14.8 Å². The van der Waals surface area contributed by atoms with Crippen molar-refractivity contribution in [1.29, 1.82) is 0 Å². The maximum atomic E-state index is 10.5. The number of hydrogen-bond acceptors (Lipinski definition) is 4. The molecule has 0 atom stereocenters. The van der Waals surface area contributed by atoms with Crippen LogP contribution in [0.4, 0.5) is 0 Å². The van der Waals surface area contributed by atoms with E-state index in [9.17, 15) is 8.42 Å². The van der Waals surface area contributed by atoms with E-state index in [1.54, 1.807) is 0 Å². The van der Waals surface area contributed by atoms with Crippen LogP contribution in [-0.2, 0) is 29.6 Å². The largest absolute Gasteiger partial charge is 2.00 e. The molecule has 0 bridgehead atoms. The quantitative estimate of drug-likeness (QED) is 0.391. The van der Waals surface area contributed by atoms with Crippen LogP contribution in [0.3, 0.4) is 0 Å². The van der Waals surface area contributed by atoms with Crippen LogP contribution < -0.4 is 0 Å². The third-order valence-electron chi connectivity index (χ3n) is 1.22. The first-order valence-corrected chi connectivity index (χ1v) is 4.35. The molecule has 0 saturated carbocycles. The van der Waals surface area contributed by atoms with Gasteiger partial charge in [0.2, 0.25) is 0 Å². The molecule has 0 amide bonds. The van der Waals surface area contributed by atoms with Gasteiger partial charge in [0.1, 0.15) is 16.4 Å². The van der Waals surface area contributed by atoms with Gasteiger partial charge >= 0.3 is 37.7 Å². The fourth-order valence-corrected chi connectivity index (χ4v) is 1.31. The molecule has 0 aliphatic heterocycles. The molecule has 72 valence electrons. The Morgan fingerprint density at radius 3 is 2.07 bits per heavy atom. The van der Waals surface area contributed by atoms with Crippen molar-refractivity contribution in [3.63, 3.8) is 0 Å². The van der Waals surface area contributed by atoms with Gasteiger partial charge in [0.05, 0.1) is 0 Å². The number of aromatic hydroxyl groups is 2. The van der Waals surface area contributed by atoms with Crippen LogP contribution in [0.1, 0.15) is 2.85 Å². The molecule has 1 rings (SSSR count). The van der Waals surface area contributed by atoms with Gasteiger partial charge in [-0.05, 0) is 12.1 Å². The molecule has 3 N–H and O–H groups in total. The van der Waals surface area contributed by atoms with Crippen LogP contribution in [0.2, 0.25) is 0 Å². The summed E-state index contributed by atoms with van der Waals surface area (Å²) in [6, 6.07) is 2.83. The average molecular weight is 298 g/mol. The van der Waals surface area contributed by atoms with Crippen molar-refractivity contribution in [2.24, 2.45) is 0 Å². The number of rotatable bonds is 1. The maximum absolute atomic E-state index is 10.5. The number of hydrogen-bond donors (Lipinski definition) is 3. The molecule has 8 heteroatoms. The minimum Gasteiger partial charge on any atom is -1.00 e. The van der Waals surface area contributed by atoms with Gasteiger partial charge in [0, 0.05) is 25.5 Å². The van der Waals surface area contributed by atoms with Crippen LogP contribution in [0, 0.1) is 0 Å². The van der Waals surface area contributed by atoms with Crippen molar-refractivity contribution >= 4 is 47.9 Å². The predicted octanol–water partition coefficient (Wildman–Crippen LogP) is 0.186. The zero-order valence-corrected chi connectivity index (χ0v) is 13.2. The average Bonchev–Trinajstić information content (AvgIpc) is 1.92. The number of benzene rings is 1. The molecular formula is C6H8CaO5SZn. The first-order chi connectivity index (χ1) is 5.41. The third-order valence-corrected chi connectivity index (χ3v) is 2.10. The van der Waals surface area contributed by atoms with E-state index in [2.05, 4.69) is 0 Å². The summed E-state index contributed by atoms with van der Waals surface area (Å²) in [4.78, 5) is -0.706. The van der Waals surface area contributed by atoms with Gasteiger partial charge in [-0.25, -0.2) is 0 Å². The van der Waals surface area contributed by atoms with Crippen molar-refractivity contribution in [2.75, 3.05) is 0 Å². The van der Waals surface area contributed by atoms with Gasteiger partial charge in [-0.1, -0.05) is 0 Å². The second-order valence-electron chi connectivity index (χ2n) is 2.13. The summed E-state index contributed by atoms with van der Waals surface area (Å²) in [7, 11) is -4.47. The molecule has 0 aliphatic rings. The molecule has 14 heavy (non-hydrogen) atoms. The second kappa shape index (κ2) is 6.25. The van der Waals surface area contributed by atoms with Crippen molar-refractivity contribution in [1.82, 2.24) is 0 Å². The van der Waals surface area contributed by atoms with Gasteiger partial charge in [0.15, 0.2) is 0 Å². The van der Waals surface area contributed by atoms with E-state index >= 15 is 0 Å². The van der Waals surface area contributed by atoms with E-state index in [0.29, 0.717) is 0 Å². The van der Waals surface area contributed by atoms with Gasteiger partial charge in [0.25, 0.3) is 10.1 Å². The molecule has 0 aliphatic carbocycles. The monoisotopic (exact) mass is 296 g/mol. The Hall–Kier alpha value is 0.613. The summed E-state index contributed by atoms with van der Waals surface area (Å²) in [6.45, 7) is 0. The molecule has 0 fully saturated rings. The summed E-state index contributed by atoms with van der Waals surface area (Å²) >= 11 is 0. The van der Waals surface area contributed by atoms with E-state index in [1.807, 2.05) is 0 Å². The summed E-state index contributed by atoms with van der Waals surface area (Å²) in [5.41, 5.74) is 0. The molecule has 0 saturated heterocycles. The molecule has 5 nitrogen and oxygen atoms in total. The summed E-state index contributed by atoms with van der Waals surface area (Å²) < 4.78 is 29.5. The first kappa shape index (κ1) is 17.0. The third kappa shape index (κ3) is 4.42. The number of phenolic OH excluding ortho intramolecular Hbond substituents is 2. The minimum absolute atomic E-state index is 0. The summed E-state index contributed by atoms with van der Waals surface area (Å²) in [6.07, 6.45) is 0. The Bertz CT molecular complexity index is 413. The van der Waals surface area contributed by atoms with Crippen LogP contribution in [-0.4, -0.2) is 60.9 Å². The van der Waals surface area contributed by atoms with Crippen molar-refractivity contribution < 1.29 is 45.5 Å². The van der Waals surface area contributed by atoms with Crippen molar-refractivity contribution in [2.45, 2.75) is 4.90 Å². The Morgan fingerprint density at radius 2 is 1.71 bits per heavy atom. The zero-order valence-electron chi connectivity index (χ0n) is 9.21. The smallest absolute Gasteiger partial charge is 1.00 e. The standard InChI is InChI=1S/C6H6O5S.Ca.Zn.2H/c7-4-1-2-5(8)6(3-4)12(9,10)11;;;;/h1-3,7-8H,(H,9,10,11);;;;/q;+2;;2*-1. The van der Waals surface area contributed by atoms with Crippen LogP contribution in [0.15, 0.2) is 23.1 Å². The van der Waals surface area contributed by atoms with Crippen LogP contribution in [0.5, 0.6) is 11.5 Å². The fourth-order valence-electron chi connectivity index (χ4n) is 0.709. The van der Waals surface area contributed by atoms with Gasteiger partial charge in [-0.3, -0.25) is 4.55 Å². The molecule has 0 radical (unpaired) electrons. The second-order valence-corrected chi connectivity index (χ2v) is 3.52. The van der Waals surface area contributed by atoms with Gasteiger partial charge in [-0.15, -0.1) is 0 Å². The predicted molar refractivity (Wildman–Crippen MR) is 47.6 cm³/mol. The Balaban J connectivity index is -0.000000180.